The third kappa shape index (κ3) is 3.56. The predicted molar refractivity (Wildman–Crippen MR) is 111 cm³/mol. The van der Waals surface area contributed by atoms with E-state index in [1.54, 1.807) is 49.4 Å². The van der Waals surface area contributed by atoms with Crippen LogP contribution in [0.2, 0.25) is 5.02 Å². The Morgan fingerprint density at radius 2 is 1.93 bits per heavy atom. The van der Waals surface area contributed by atoms with Crippen LogP contribution in [0.1, 0.15) is 11.3 Å². The van der Waals surface area contributed by atoms with Gasteiger partial charge in [0.15, 0.2) is 0 Å². The van der Waals surface area contributed by atoms with E-state index in [-0.39, 0.29) is 17.0 Å². The first-order chi connectivity index (χ1) is 14.3. The Kier molecular flexibility index (Phi) is 4.85. The van der Waals surface area contributed by atoms with Crippen LogP contribution in [-0.2, 0) is 9.59 Å². The summed E-state index contributed by atoms with van der Waals surface area (Å²) in [4.78, 5) is 35.6. The van der Waals surface area contributed by atoms with Crippen molar-refractivity contribution in [2.75, 3.05) is 5.01 Å². The van der Waals surface area contributed by atoms with E-state index < -0.39 is 16.7 Å². The van der Waals surface area contributed by atoms with E-state index in [1.165, 1.54) is 18.2 Å². The monoisotopic (exact) mass is 423 g/mol. The minimum atomic E-state index is -0.579. The van der Waals surface area contributed by atoms with E-state index in [0.717, 1.165) is 10.6 Å². The zero-order chi connectivity index (χ0) is 21.4. The molecule has 150 valence electrons. The number of non-ortho nitro benzene ring substituents is 1. The van der Waals surface area contributed by atoms with Gasteiger partial charge in [-0.25, -0.2) is 5.01 Å². The first-order valence-electron chi connectivity index (χ1n) is 8.81. The average molecular weight is 424 g/mol. The molecule has 1 aliphatic heterocycles. The molecule has 2 amide bonds. The second-order valence-corrected chi connectivity index (χ2v) is 7.01. The molecule has 3 aromatic rings. The minimum Gasteiger partial charge on any atom is -0.457 e. The lowest BCUT2D eigenvalue weighted by atomic mass is 10.1. The Morgan fingerprint density at radius 3 is 2.67 bits per heavy atom. The Labute approximate surface area is 175 Å². The van der Waals surface area contributed by atoms with Crippen LogP contribution >= 0.6 is 11.6 Å². The van der Waals surface area contributed by atoms with Crippen molar-refractivity contribution in [2.24, 2.45) is 0 Å². The maximum Gasteiger partial charge on any atom is 0.282 e. The molecular weight excluding hydrogens is 410 g/mol. The number of rotatable bonds is 4. The molecule has 1 saturated heterocycles. The molecule has 0 unspecified atom stereocenters. The van der Waals surface area contributed by atoms with Gasteiger partial charge in [0, 0.05) is 22.7 Å². The van der Waals surface area contributed by atoms with Gasteiger partial charge in [-0.1, -0.05) is 23.7 Å². The van der Waals surface area contributed by atoms with Gasteiger partial charge in [-0.3, -0.25) is 25.1 Å². The van der Waals surface area contributed by atoms with Crippen molar-refractivity contribution in [3.05, 3.63) is 86.6 Å². The van der Waals surface area contributed by atoms with Gasteiger partial charge in [-0.15, -0.1) is 0 Å². The molecule has 8 nitrogen and oxygen atoms in total. The number of nitrogens with one attached hydrogen (secondary N) is 1. The predicted octanol–water partition coefficient (Wildman–Crippen LogP) is 4.28. The molecule has 0 atom stereocenters. The summed E-state index contributed by atoms with van der Waals surface area (Å²) in [7, 11) is 0. The number of furan rings is 1. The van der Waals surface area contributed by atoms with Crippen molar-refractivity contribution in [3.8, 4) is 11.3 Å². The van der Waals surface area contributed by atoms with Gasteiger partial charge >= 0.3 is 0 Å². The molecule has 4 rings (SSSR count). The fraction of sp³-hybridized carbons (Fsp3) is 0.0476. The van der Waals surface area contributed by atoms with E-state index in [9.17, 15) is 19.7 Å². The Hall–Kier alpha value is -3.91. The fourth-order valence-electron chi connectivity index (χ4n) is 3.06. The van der Waals surface area contributed by atoms with Crippen LogP contribution < -0.4 is 10.4 Å². The van der Waals surface area contributed by atoms with Crippen molar-refractivity contribution < 1.29 is 18.9 Å². The van der Waals surface area contributed by atoms with Gasteiger partial charge in [-0.05, 0) is 48.9 Å². The highest BCUT2D eigenvalue weighted by Crippen LogP contribution is 2.30. The molecule has 0 spiro atoms. The number of hydrazine groups is 1. The number of aryl methyl sites for hydroxylation is 1. The number of anilines is 1. The van der Waals surface area contributed by atoms with Gasteiger partial charge in [0.1, 0.15) is 17.1 Å². The number of hydrogen-bond acceptors (Lipinski definition) is 5. The summed E-state index contributed by atoms with van der Waals surface area (Å²) in [6, 6.07) is 14.2. The van der Waals surface area contributed by atoms with E-state index in [4.69, 9.17) is 16.0 Å². The lowest BCUT2D eigenvalue weighted by Gasteiger charge is -2.14. The standard InChI is InChI=1S/C21H14ClN3O5/c1-12-5-6-15(25(28)29)10-17(12)19-8-7-16(30-19)11-18-20(26)23-24(21(18)27)14-4-2-3-13(22)9-14/h2-11H,1H3,(H,23,26). The highest BCUT2D eigenvalue weighted by molar-refractivity contribution is 6.33. The number of halogens is 1. The van der Waals surface area contributed by atoms with Crippen molar-refractivity contribution in [1.29, 1.82) is 0 Å². The number of carbonyl (C=O) groups excluding carboxylic acids is 2. The number of amides is 2. The van der Waals surface area contributed by atoms with E-state index >= 15 is 0 Å². The maximum atomic E-state index is 12.7. The first kappa shape index (κ1) is 19.4. The summed E-state index contributed by atoms with van der Waals surface area (Å²) >= 11 is 5.96. The van der Waals surface area contributed by atoms with Crippen LogP contribution in [0, 0.1) is 17.0 Å². The van der Waals surface area contributed by atoms with E-state index in [1.807, 2.05) is 0 Å². The summed E-state index contributed by atoms with van der Waals surface area (Å²) < 4.78 is 5.73. The maximum absolute atomic E-state index is 12.7. The Morgan fingerprint density at radius 1 is 1.13 bits per heavy atom. The van der Waals surface area contributed by atoms with Crippen LogP contribution in [0.25, 0.3) is 17.4 Å². The molecule has 2 aromatic carbocycles. The van der Waals surface area contributed by atoms with Crippen LogP contribution in [0.5, 0.6) is 0 Å². The topological polar surface area (TPSA) is 106 Å². The highest BCUT2D eigenvalue weighted by Gasteiger charge is 2.34. The second-order valence-electron chi connectivity index (χ2n) is 6.58. The van der Waals surface area contributed by atoms with Crippen LogP contribution in [0.15, 0.2) is 64.6 Å². The fourth-order valence-corrected chi connectivity index (χ4v) is 3.25. The van der Waals surface area contributed by atoms with E-state index in [0.29, 0.717) is 22.0 Å². The SMILES string of the molecule is Cc1ccc([N+](=O)[O-])cc1-c1ccc(C=C2C(=O)NN(c3cccc(Cl)c3)C2=O)o1. The average Bonchev–Trinajstić information content (AvgIpc) is 3.28. The Balaban J connectivity index is 1.65. The number of nitro benzene ring substituents is 1. The van der Waals surface area contributed by atoms with Gasteiger partial charge in [0.25, 0.3) is 17.5 Å². The van der Waals surface area contributed by atoms with Gasteiger partial charge in [-0.2, -0.15) is 0 Å². The summed E-state index contributed by atoms with van der Waals surface area (Å²) in [5.74, 6) is -0.473. The molecule has 1 aromatic heterocycles. The summed E-state index contributed by atoms with van der Waals surface area (Å²) in [5, 5.41) is 12.6. The highest BCUT2D eigenvalue weighted by atomic mass is 35.5. The Bertz CT molecular complexity index is 1230. The molecule has 9 heteroatoms. The lowest BCUT2D eigenvalue weighted by molar-refractivity contribution is -0.384. The molecule has 1 fully saturated rings. The van der Waals surface area contributed by atoms with Crippen LogP contribution in [0.4, 0.5) is 11.4 Å². The zero-order valence-corrected chi connectivity index (χ0v) is 16.3. The molecule has 0 radical (unpaired) electrons. The number of nitrogens with zero attached hydrogens (tertiary/aromatic N) is 2. The molecule has 2 heterocycles. The molecule has 1 N–H and O–H groups in total. The molecule has 1 aliphatic rings. The summed E-state index contributed by atoms with van der Waals surface area (Å²) in [6.07, 6.45) is 1.33. The van der Waals surface area contributed by atoms with Crippen molar-refractivity contribution in [2.45, 2.75) is 6.92 Å². The van der Waals surface area contributed by atoms with Gasteiger partial charge in [0.2, 0.25) is 0 Å². The third-order valence-corrected chi connectivity index (χ3v) is 4.80. The second kappa shape index (κ2) is 7.49. The van der Waals surface area contributed by atoms with Crippen molar-refractivity contribution >= 4 is 40.9 Å². The number of benzene rings is 2. The minimum absolute atomic E-state index is 0.0607. The molecular formula is C21H14ClN3O5. The smallest absolute Gasteiger partial charge is 0.282 e. The largest absolute Gasteiger partial charge is 0.457 e. The quantitative estimate of drug-likeness (QED) is 0.292. The van der Waals surface area contributed by atoms with E-state index in [2.05, 4.69) is 5.43 Å². The van der Waals surface area contributed by atoms with Gasteiger partial charge in [0.05, 0.1) is 10.6 Å². The first-order valence-corrected chi connectivity index (χ1v) is 9.19. The lowest BCUT2D eigenvalue weighted by Crippen LogP contribution is -2.35. The molecule has 0 saturated carbocycles. The third-order valence-electron chi connectivity index (χ3n) is 4.57. The van der Waals surface area contributed by atoms with Crippen molar-refractivity contribution in [1.82, 2.24) is 5.43 Å². The van der Waals surface area contributed by atoms with Gasteiger partial charge < -0.3 is 4.42 Å². The van der Waals surface area contributed by atoms with Crippen molar-refractivity contribution in [3.63, 3.8) is 0 Å². The number of hydrogen-bond donors (Lipinski definition) is 1. The summed E-state index contributed by atoms with van der Waals surface area (Å²) in [6.45, 7) is 1.80. The van der Waals surface area contributed by atoms with Crippen LogP contribution in [0.3, 0.4) is 0 Å². The molecule has 0 bridgehead atoms. The number of nitro groups is 1. The molecule has 30 heavy (non-hydrogen) atoms. The number of carbonyl (C=O) groups is 2. The molecule has 0 aliphatic carbocycles. The normalized spacial score (nSPS) is 15.0. The van der Waals surface area contributed by atoms with Crippen LogP contribution in [-0.4, -0.2) is 16.7 Å². The summed E-state index contributed by atoms with van der Waals surface area (Å²) in [5.41, 5.74) is 4.09. The zero-order valence-electron chi connectivity index (χ0n) is 15.6.